The van der Waals surface area contributed by atoms with E-state index in [9.17, 15) is 5.26 Å². The highest BCUT2D eigenvalue weighted by Gasteiger charge is 2.22. The van der Waals surface area contributed by atoms with Crippen molar-refractivity contribution in [3.63, 3.8) is 0 Å². The molecule has 1 aliphatic heterocycles. The molecule has 2 aromatic rings. The van der Waals surface area contributed by atoms with E-state index in [-0.39, 0.29) is 0 Å². The lowest BCUT2D eigenvalue weighted by molar-refractivity contribution is 0.149. The molecule has 0 N–H and O–H groups in total. The van der Waals surface area contributed by atoms with Crippen LogP contribution >= 0.6 is 0 Å². The summed E-state index contributed by atoms with van der Waals surface area (Å²) in [6, 6.07) is 11.2. The van der Waals surface area contributed by atoms with Crippen LogP contribution in [0, 0.1) is 11.3 Å². The zero-order chi connectivity index (χ0) is 14.1. The lowest BCUT2D eigenvalue weighted by atomic mass is 10.0. The van der Waals surface area contributed by atoms with Gasteiger partial charge in [0.2, 0.25) is 0 Å². The normalized spacial score (nSPS) is 20.1. The number of fused-ring (bicyclic) bond motifs is 1. The highest BCUT2D eigenvalue weighted by atomic mass is 15.2. The number of likely N-dealkylation sites (tertiary alicyclic amines) is 1. The van der Waals surface area contributed by atoms with Gasteiger partial charge in [-0.1, -0.05) is 24.6 Å². The Morgan fingerprint density at radius 3 is 2.85 bits per heavy atom. The van der Waals surface area contributed by atoms with Crippen molar-refractivity contribution >= 4 is 10.9 Å². The third-order valence-corrected chi connectivity index (χ3v) is 4.63. The molecule has 20 heavy (non-hydrogen) atoms. The molecule has 104 valence electrons. The van der Waals surface area contributed by atoms with Crippen LogP contribution in [0.1, 0.15) is 37.4 Å². The van der Waals surface area contributed by atoms with Crippen LogP contribution in [-0.2, 0) is 13.6 Å². The summed E-state index contributed by atoms with van der Waals surface area (Å²) < 4.78 is 2.19. The predicted molar refractivity (Wildman–Crippen MR) is 81.4 cm³/mol. The summed E-state index contributed by atoms with van der Waals surface area (Å²) in [7, 11) is 2.08. The third kappa shape index (κ3) is 2.10. The lowest BCUT2D eigenvalue weighted by Crippen LogP contribution is -2.37. The topological polar surface area (TPSA) is 32.0 Å². The zero-order valence-corrected chi connectivity index (χ0v) is 12.3. The summed E-state index contributed by atoms with van der Waals surface area (Å²) in [6.45, 7) is 4.33. The predicted octanol–water partition coefficient (Wildman–Crippen LogP) is 3.42. The van der Waals surface area contributed by atoms with E-state index < -0.39 is 0 Å². The van der Waals surface area contributed by atoms with Gasteiger partial charge in [-0.25, -0.2) is 0 Å². The van der Waals surface area contributed by atoms with Crippen molar-refractivity contribution in [1.82, 2.24) is 9.47 Å². The van der Waals surface area contributed by atoms with E-state index in [0.29, 0.717) is 6.04 Å². The van der Waals surface area contributed by atoms with E-state index in [1.54, 1.807) is 0 Å². The van der Waals surface area contributed by atoms with Crippen LogP contribution in [-0.4, -0.2) is 22.1 Å². The molecule has 1 aliphatic rings. The molecule has 1 fully saturated rings. The molecular weight excluding hydrogens is 246 g/mol. The van der Waals surface area contributed by atoms with Crippen molar-refractivity contribution in [3.8, 4) is 6.07 Å². The minimum Gasteiger partial charge on any atom is -0.345 e. The number of nitriles is 1. The molecule has 0 bridgehead atoms. The number of aryl methyl sites for hydroxylation is 1. The van der Waals surface area contributed by atoms with Gasteiger partial charge in [-0.3, -0.25) is 4.90 Å². The Morgan fingerprint density at radius 2 is 2.10 bits per heavy atom. The van der Waals surface area contributed by atoms with Gasteiger partial charge in [0.15, 0.2) is 0 Å². The molecule has 1 aromatic carbocycles. The number of hydrogen-bond donors (Lipinski definition) is 0. The van der Waals surface area contributed by atoms with Crippen molar-refractivity contribution in [3.05, 3.63) is 35.5 Å². The maximum absolute atomic E-state index is 9.54. The summed E-state index contributed by atoms with van der Waals surface area (Å²) >= 11 is 0. The van der Waals surface area contributed by atoms with Crippen LogP contribution in [0.5, 0.6) is 0 Å². The maximum Gasteiger partial charge on any atom is 0.102 e. The van der Waals surface area contributed by atoms with Crippen molar-refractivity contribution in [2.24, 2.45) is 7.05 Å². The van der Waals surface area contributed by atoms with Crippen molar-refractivity contribution < 1.29 is 0 Å². The molecule has 0 amide bonds. The molecular formula is C17H21N3. The molecule has 1 aromatic heterocycles. The first-order chi connectivity index (χ1) is 9.72. The fourth-order valence-electron chi connectivity index (χ4n) is 3.34. The van der Waals surface area contributed by atoms with Gasteiger partial charge in [-0.05, 0) is 32.4 Å². The van der Waals surface area contributed by atoms with Crippen molar-refractivity contribution in [2.45, 2.75) is 38.8 Å². The van der Waals surface area contributed by atoms with E-state index in [2.05, 4.69) is 41.6 Å². The number of benzene rings is 1. The van der Waals surface area contributed by atoms with Crippen LogP contribution in [0.4, 0.5) is 0 Å². The lowest BCUT2D eigenvalue weighted by Gasteiger charge is -2.33. The second kappa shape index (κ2) is 5.30. The monoisotopic (exact) mass is 267 g/mol. The summed E-state index contributed by atoms with van der Waals surface area (Å²) in [5.74, 6) is 0. The second-order valence-corrected chi connectivity index (χ2v) is 5.82. The molecule has 0 unspecified atom stereocenters. The first kappa shape index (κ1) is 13.2. The highest BCUT2D eigenvalue weighted by Crippen LogP contribution is 2.27. The van der Waals surface area contributed by atoms with Crippen LogP contribution in [0.3, 0.4) is 0 Å². The van der Waals surface area contributed by atoms with Crippen LogP contribution in [0.15, 0.2) is 24.3 Å². The maximum atomic E-state index is 9.54. The number of nitrogens with zero attached hydrogens (tertiary/aromatic N) is 3. The first-order valence-corrected chi connectivity index (χ1v) is 7.43. The smallest absolute Gasteiger partial charge is 0.102 e. The number of rotatable bonds is 2. The van der Waals surface area contributed by atoms with E-state index in [1.807, 2.05) is 12.1 Å². The summed E-state index contributed by atoms with van der Waals surface area (Å²) in [5.41, 5.74) is 3.16. The Bertz CT molecular complexity index is 663. The molecule has 0 saturated carbocycles. The van der Waals surface area contributed by atoms with Gasteiger partial charge >= 0.3 is 0 Å². The minimum absolute atomic E-state index is 0.619. The van der Waals surface area contributed by atoms with Gasteiger partial charge in [0, 0.05) is 30.5 Å². The Balaban J connectivity index is 2.03. The third-order valence-electron chi connectivity index (χ3n) is 4.63. The second-order valence-electron chi connectivity index (χ2n) is 5.82. The molecule has 3 nitrogen and oxygen atoms in total. The molecule has 1 atom stereocenters. The standard InChI is InChI=1S/C17H21N3/c1-13-7-5-6-10-20(13)12-17-15(11-18)14-8-3-4-9-16(14)19(17)2/h3-4,8-9,13H,5-7,10,12H2,1-2H3/t13-/m0/s1. The fraction of sp³-hybridized carbons (Fsp3) is 0.471. The van der Waals surface area contributed by atoms with E-state index >= 15 is 0 Å². The van der Waals surface area contributed by atoms with Gasteiger partial charge < -0.3 is 4.57 Å². The molecule has 3 rings (SSSR count). The summed E-state index contributed by atoms with van der Waals surface area (Å²) in [5, 5.41) is 10.6. The van der Waals surface area contributed by atoms with Gasteiger partial charge in [-0.15, -0.1) is 0 Å². The number of aromatic nitrogens is 1. The molecule has 0 radical (unpaired) electrons. The zero-order valence-electron chi connectivity index (χ0n) is 12.3. The highest BCUT2D eigenvalue weighted by molar-refractivity contribution is 5.88. The average Bonchev–Trinajstić information content (AvgIpc) is 2.74. The molecule has 2 heterocycles. The SMILES string of the molecule is C[C@H]1CCCCN1Cc1c(C#N)c2ccccc2n1C. The minimum atomic E-state index is 0.619. The fourth-order valence-corrected chi connectivity index (χ4v) is 3.34. The summed E-state index contributed by atoms with van der Waals surface area (Å²) in [4.78, 5) is 2.51. The number of para-hydroxylation sites is 1. The largest absolute Gasteiger partial charge is 0.345 e. The summed E-state index contributed by atoms with van der Waals surface area (Å²) in [6.07, 6.45) is 3.87. The van der Waals surface area contributed by atoms with Crippen LogP contribution in [0.25, 0.3) is 10.9 Å². The number of piperidine rings is 1. The van der Waals surface area contributed by atoms with Crippen LogP contribution < -0.4 is 0 Å². The van der Waals surface area contributed by atoms with E-state index in [1.165, 1.54) is 19.3 Å². The van der Waals surface area contributed by atoms with Gasteiger partial charge in [0.05, 0.1) is 11.3 Å². The Morgan fingerprint density at radius 1 is 1.30 bits per heavy atom. The van der Waals surface area contributed by atoms with Gasteiger partial charge in [-0.2, -0.15) is 5.26 Å². The Labute approximate surface area is 120 Å². The molecule has 3 heteroatoms. The van der Waals surface area contributed by atoms with Gasteiger partial charge in [0.25, 0.3) is 0 Å². The molecule has 1 saturated heterocycles. The van der Waals surface area contributed by atoms with E-state index in [4.69, 9.17) is 0 Å². The molecule has 0 aliphatic carbocycles. The van der Waals surface area contributed by atoms with Crippen molar-refractivity contribution in [2.75, 3.05) is 6.54 Å². The van der Waals surface area contributed by atoms with E-state index in [0.717, 1.165) is 35.2 Å². The first-order valence-electron chi connectivity index (χ1n) is 7.43. The number of hydrogen-bond acceptors (Lipinski definition) is 2. The average molecular weight is 267 g/mol. The Hall–Kier alpha value is -1.79. The van der Waals surface area contributed by atoms with Crippen molar-refractivity contribution in [1.29, 1.82) is 5.26 Å². The Kier molecular flexibility index (Phi) is 3.50. The van der Waals surface area contributed by atoms with Gasteiger partial charge in [0.1, 0.15) is 6.07 Å². The van der Waals surface area contributed by atoms with Crippen LogP contribution in [0.2, 0.25) is 0 Å². The molecule has 0 spiro atoms. The quantitative estimate of drug-likeness (QED) is 0.835.